The number of halogens is 4. The van der Waals surface area contributed by atoms with E-state index < -0.39 is 52.9 Å². The topological polar surface area (TPSA) is 93.5 Å². The summed E-state index contributed by atoms with van der Waals surface area (Å²) in [5, 5.41) is 7.53. The quantitative estimate of drug-likeness (QED) is 0.128. The summed E-state index contributed by atoms with van der Waals surface area (Å²) in [4.78, 5) is 42.4. The number of likely N-dealkylation sites (N-methyl/N-ethyl adjacent to an activating group) is 1. The van der Waals surface area contributed by atoms with Gasteiger partial charge < -0.3 is 10.1 Å². The monoisotopic (exact) mass is 662 g/mol. The molecule has 2 atom stereocenters. The highest BCUT2D eigenvalue weighted by molar-refractivity contribution is 6.05. The van der Waals surface area contributed by atoms with Crippen molar-refractivity contribution in [2.75, 3.05) is 11.4 Å². The van der Waals surface area contributed by atoms with Gasteiger partial charge in [-0.05, 0) is 75.7 Å². The number of nitrogens with one attached hydrogen (secondary N) is 1. The maximum absolute atomic E-state index is 14.4. The lowest BCUT2D eigenvalue weighted by Gasteiger charge is -2.38. The van der Waals surface area contributed by atoms with Gasteiger partial charge in [0.1, 0.15) is 23.3 Å². The van der Waals surface area contributed by atoms with Crippen LogP contribution in [0.15, 0.2) is 91.0 Å². The van der Waals surface area contributed by atoms with Gasteiger partial charge in [0, 0.05) is 35.6 Å². The van der Waals surface area contributed by atoms with E-state index in [-0.39, 0.29) is 24.1 Å². The number of anilines is 1. The number of para-hydroxylation sites is 1. The number of nitrogens with zero attached hydrogens (tertiary/aromatic N) is 3. The van der Waals surface area contributed by atoms with E-state index in [1.807, 2.05) is 6.07 Å². The molecule has 250 valence electrons. The first kappa shape index (κ1) is 34.1. The third kappa shape index (κ3) is 7.02. The van der Waals surface area contributed by atoms with Crippen LogP contribution in [-0.4, -0.2) is 45.8 Å². The summed E-state index contributed by atoms with van der Waals surface area (Å²) < 4.78 is 61.8. The van der Waals surface area contributed by atoms with Gasteiger partial charge in [0.15, 0.2) is 0 Å². The zero-order chi connectivity index (χ0) is 35.0. The SMILES string of the molecule is C=C(Cc1nn(-c2ccccc2)c2c1[C@@H](c1ccc(F)cc1)[C@@H](NC(=O)c1cccc(C(F)(F)F)c1)C(=O)N2CC)C(=O)OC(C)(C)C. The van der Waals surface area contributed by atoms with Crippen molar-refractivity contribution in [1.82, 2.24) is 15.1 Å². The number of alkyl halides is 3. The van der Waals surface area contributed by atoms with Crippen molar-refractivity contribution in [3.63, 3.8) is 0 Å². The first-order valence-electron chi connectivity index (χ1n) is 15.2. The highest BCUT2D eigenvalue weighted by Gasteiger charge is 2.46. The van der Waals surface area contributed by atoms with Crippen molar-refractivity contribution in [3.8, 4) is 5.69 Å². The van der Waals surface area contributed by atoms with Crippen LogP contribution in [0.2, 0.25) is 0 Å². The summed E-state index contributed by atoms with van der Waals surface area (Å²) in [5.41, 5.74) is -0.245. The van der Waals surface area contributed by atoms with Crippen molar-refractivity contribution in [3.05, 3.63) is 125 Å². The Labute approximate surface area is 275 Å². The highest BCUT2D eigenvalue weighted by atomic mass is 19.4. The molecule has 5 rings (SSSR count). The molecule has 1 aliphatic heterocycles. The van der Waals surface area contributed by atoms with Crippen LogP contribution in [0.25, 0.3) is 5.69 Å². The minimum absolute atomic E-state index is 0.0767. The zero-order valence-electron chi connectivity index (χ0n) is 26.8. The molecule has 2 amide bonds. The Bertz CT molecular complexity index is 1860. The number of ether oxygens (including phenoxy) is 1. The van der Waals surface area contributed by atoms with Gasteiger partial charge in [-0.2, -0.15) is 18.3 Å². The molecular weight excluding hydrogens is 628 g/mol. The molecule has 4 aromatic rings. The van der Waals surface area contributed by atoms with E-state index in [1.165, 1.54) is 35.2 Å². The normalized spacial score (nSPS) is 16.3. The Kier molecular flexibility index (Phi) is 9.30. The van der Waals surface area contributed by atoms with Gasteiger partial charge in [0.25, 0.3) is 11.8 Å². The molecule has 0 radical (unpaired) electrons. The summed E-state index contributed by atoms with van der Waals surface area (Å²) in [6, 6.07) is 16.8. The van der Waals surface area contributed by atoms with E-state index in [4.69, 9.17) is 9.84 Å². The molecule has 8 nitrogen and oxygen atoms in total. The lowest BCUT2D eigenvalue weighted by Crippen LogP contribution is -2.55. The fourth-order valence-electron chi connectivity index (χ4n) is 5.67. The minimum Gasteiger partial charge on any atom is -0.457 e. The molecule has 0 fully saturated rings. The van der Waals surface area contributed by atoms with Gasteiger partial charge in [-0.1, -0.05) is 43.0 Å². The second-order valence-corrected chi connectivity index (χ2v) is 12.4. The Morgan fingerprint density at radius 3 is 2.25 bits per heavy atom. The summed E-state index contributed by atoms with van der Waals surface area (Å²) in [5.74, 6) is -3.31. The summed E-state index contributed by atoms with van der Waals surface area (Å²) in [6.45, 7) is 11.0. The average Bonchev–Trinajstić information content (AvgIpc) is 3.39. The van der Waals surface area contributed by atoms with E-state index in [1.54, 1.807) is 56.6 Å². The Hall–Kier alpha value is -5.26. The molecule has 48 heavy (non-hydrogen) atoms. The van der Waals surface area contributed by atoms with Crippen molar-refractivity contribution < 1.29 is 36.7 Å². The Morgan fingerprint density at radius 1 is 0.979 bits per heavy atom. The summed E-state index contributed by atoms with van der Waals surface area (Å²) >= 11 is 0. The largest absolute Gasteiger partial charge is 0.457 e. The lowest BCUT2D eigenvalue weighted by molar-refractivity contribution is -0.150. The summed E-state index contributed by atoms with van der Waals surface area (Å²) in [6.07, 6.45) is -4.80. The van der Waals surface area contributed by atoms with Gasteiger partial charge in [-0.3, -0.25) is 14.5 Å². The fourth-order valence-corrected chi connectivity index (χ4v) is 5.67. The van der Waals surface area contributed by atoms with Gasteiger partial charge in [-0.15, -0.1) is 0 Å². The second kappa shape index (κ2) is 13.1. The molecule has 3 aromatic carbocycles. The molecular formula is C36H34F4N4O4. The highest BCUT2D eigenvalue weighted by Crippen LogP contribution is 2.44. The van der Waals surface area contributed by atoms with Crippen LogP contribution in [0.1, 0.15) is 66.4 Å². The number of amides is 2. The van der Waals surface area contributed by atoms with Crippen molar-refractivity contribution in [2.45, 2.75) is 57.9 Å². The number of carbonyl (C=O) groups is 3. The predicted octanol–water partition coefficient (Wildman–Crippen LogP) is 6.77. The average molecular weight is 663 g/mol. The number of benzene rings is 3. The minimum atomic E-state index is -4.70. The van der Waals surface area contributed by atoms with Gasteiger partial charge in [0.2, 0.25) is 0 Å². The molecule has 1 aromatic heterocycles. The van der Waals surface area contributed by atoms with Crippen molar-refractivity contribution in [2.24, 2.45) is 0 Å². The number of hydrogen-bond donors (Lipinski definition) is 1. The standard InChI is InChI=1S/C36H34F4N4O4/c1-6-43-32-29(27(19-21(2)34(47)48-35(3,4)5)42-44(32)26-13-8-7-9-14-26)28(22-15-17-25(37)18-16-22)30(33(43)46)41-31(45)23-11-10-12-24(20-23)36(38,39)40/h7-18,20,28,30H,2,6,19H2,1,3-5H3,(H,41,45)/t28-,30-/m1/s1. The van der Waals surface area contributed by atoms with Crippen LogP contribution in [0, 0.1) is 5.82 Å². The molecule has 12 heteroatoms. The van der Waals surface area contributed by atoms with Gasteiger partial charge in [0.05, 0.1) is 16.9 Å². The number of aromatic nitrogens is 2. The Balaban J connectivity index is 1.70. The molecule has 0 spiro atoms. The van der Waals surface area contributed by atoms with Crippen LogP contribution in [0.5, 0.6) is 0 Å². The van der Waals surface area contributed by atoms with Gasteiger partial charge in [-0.25, -0.2) is 13.9 Å². The number of rotatable bonds is 8. The van der Waals surface area contributed by atoms with Crippen LogP contribution in [0.4, 0.5) is 23.4 Å². The van der Waals surface area contributed by atoms with E-state index >= 15 is 0 Å². The predicted molar refractivity (Wildman–Crippen MR) is 171 cm³/mol. The van der Waals surface area contributed by atoms with E-state index in [0.29, 0.717) is 34.4 Å². The Morgan fingerprint density at radius 2 is 1.65 bits per heavy atom. The number of carbonyl (C=O) groups excluding carboxylic acids is 3. The molecule has 0 saturated carbocycles. The zero-order valence-corrected chi connectivity index (χ0v) is 26.8. The molecule has 0 saturated heterocycles. The number of esters is 1. The van der Waals surface area contributed by atoms with Gasteiger partial charge >= 0.3 is 12.1 Å². The molecule has 1 N–H and O–H groups in total. The number of fused-ring (bicyclic) bond motifs is 1. The van der Waals surface area contributed by atoms with Crippen LogP contribution >= 0.6 is 0 Å². The third-order valence-electron chi connectivity index (χ3n) is 7.76. The molecule has 0 bridgehead atoms. The van der Waals surface area contributed by atoms with Crippen molar-refractivity contribution >= 4 is 23.6 Å². The molecule has 0 aliphatic carbocycles. The van der Waals surface area contributed by atoms with Crippen LogP contribution in [0.3, 0.4) is 0 Å². The second-order valence-electron chi connectivity index (χ2n) is 12.4. The summed E-state index contributed by atoms with van der Waals surface area (Å²) in [7, 11) is 0. The molecule has 0 unspecified atom stereocenters. The van der Waals surface area contributed by atoms with Crippen molar-refractivity contribution in [1.29, 1.82) is 0 Å². The third-order valence-corrected chi connectivity index (χ3v) is 7.76. The molecule has 1 aliphatic rings. The molecule has 2 heterocycles. The number of hydrogen-bond acceptors (Lipinski definition) is 5. The lowest BCUT2D eigenvalue weighted by atomic mass is 9.80. The fraction of sp³-hybridized carbons (Fsp3) is 0.278. The maximum Gasteiger partial charge on any atom is 0.416 e. The van der Waals surface area contributed by atoms with Crippen LogP contribution in [-0.2, 0) is 26.9 Å². The van der Waals surface area contributed by atoms with E-state index in [0.717, 1.165) is 12.1 Å². The smallest absolute Gasteiger partial charge is 0.416 e. The maximum atomic E-state index is 14.4. The first-order valence-corrected chi connectivity index (χ1v) is 15.2. The van der Waals surface area contributed by atoms with E-state index in [2.05, 4.69) is 11.9 Å². The first-order chi connectivity index (χ1) is 22.6. The van der Waals surface area contributed by atoms with Crippen LogP contribution < -0.4 is 10.2 Å². The van der Waals surface area contributed by atoms with E-state index in [9.17, 15) is 31.9 Å².